The largest absolute Gasteiger partial charge is 0.328 e. The van der Waals surface area contributed by atoms with Crippen molar-refractivity contribution in [2.24, 2.45) is 0 Å². The predicted octanol–water partition coefficient (Wildman–Crippen LogP) is 0.223. The number of rotatable bonds is 0. The van der Waals surface area contributed by atoms with E-state index in [0.29, 0.717) is 16.5 Å². The van der Waals surface area contributed by atoms with Crippen molar-refractivity contribution in [2.75, 3.05) is 12.3 Å². The molecule has 8 heavy (non-hydrogen) atoms. The molecule has 0 aromatic heterocycles. The van der Waals surface area contributed by atoms with Gasteiger partial charge in [0.15, 0.2) is 0 Å². The number of nitroso groups, excluding NO2 is 1. The normalized spacial score (nSPS) is 30.5. The van der Waals surface area contributed by atoms with Gasteiger partial charge in [0, 0.05) is 11.3 Å². The van der Waals surface area contributed by atoms with Crippen LogP contribution in [0.1, 0.15) is 12.8 Å². The number of nitrogens with zero attached hydrogens (tertiary/aromatic N) is 1. The number of hydrogen-bond donors (Lipinski definition) is 0. The molecule has 0 aromatic carbocycles. The van der Waals surface area contributed by atoms with Crippen molar-refractivity contribution in [3.63, 3.8) is 0 Å². The van der Waals surface area contributed by atoms with Gasteiger partial charge in [0.1, 0.15) is 0 Å². The lowest BCUT2D eigenvalue weighted by Crippen LogP contribution is -2.21. The molecule has 1 saturated heterocycles. The molecule has 1 fully saturated rings. The van der Waals surface area contributed by atoms with Crippen LogP contribution in [0.4, 0.5) is 0 Å². The first-order chi connectivity index (χ1) is 3.80. The minimum atomic E-state index is -1.21. The second-order valence-electron chi connectivity index (χ2n) is 1.79. The maximum atomic E-state index is 10.5. The van der Waals surface area contributed by atoms with Gasteiger partial charge in [-0.3, -0.25) is 0 Å². The van der Waals surface area contributed by atoms with E-state index in [1.165, 1.54) is 0 Å². The summed E-state index contributed by atoms with van der Waals surface area (Å²) in [6.45, 7) is 0.451. The third-order valence-corrected chi connectivity index (χ3v) is 2.41. The van der Waals surface area contributed by atoms with Crippen LogP contribution in [-0.2, 0) is 11.0 Å². The second-order valence-corrected chi connectivity index (χ2v) is 3.25. The van der Waals surface area contributed by atoms with Gasteiger partial charge in [-0.05, 0) is 6.42 Å². The van der Waals surface area contributed by atoms with Crippen molar-refractivity contribution in [1.82, 2.24) is 0 Å². The topological polar surface area (TPSA) is 37.1 Å². The monoisotopic (exact) mass is 134 g/mol. The van der Waals surface area contributed by atoms with E-state index in [9.17, 15) is 9.12 Å². The van der Waals surface area contributed by atoms with Crippen LogP contribution in [0.3, 0.4) is 0 Å². The lowest BCUT2D eigenvalue weighted by atomic mass is 10.3. The Kier molecular flexibility index (Phi) is 1.73. The first kappa shape index (κ1) is 5.88. The van der Waals surface area contributed by atoms with Gasteiger partial charge >= 0.3 is 11.0 Å². The van der Waals surface area contributed by atoms with Gasteiger partial charge in [-0.2, -0.15) is 4.21 Å². The van der Waals surface area contributed by atoms with E-state index in [4.69, 9.17) is 0 Å². The summed E-state index contributed by atoms with van der Waals surface area (Å²) in [7, 11) is -1.21. The zero-order valence-corrected chi connectivity index (χ0v) is 5.32. The minimum Gasteiger partial charge on any atom is -0.182 e. The maximum absolute atomic E-state index is 10.5. The summed E-state index contributed by atoms with van der Waals surface area (Å²) in [6.07, 6.45) is 1.83. The Hall–Kier alpha value is -0.250. The van der Waals surface area contributed by atoms with E-state index in [-0.39, 0.29) is 0 Å². The van der Waals surface area contributed by atoms with Gasteiger partial charge in [-0.15, -0.1) is 0 Å². The Balaban J connectivity index is 2.52. The molecule has 4 heteroatoms. The molecule has 1 aliphatic heterocycles. The standard InChI is InChI=1S/C4H8NO2S/c6-5-3-1-2-4-8(5)7/h1-4H2/q+1. The van der Waals surface area contributed by atoms with Gasteiger partial charge in [-0.25, -0.2) is 0 Å². The molecule has 0 aromatic rings. The van der Waals surface area contributed by atoms with Crippen LogP contribution in [0.2, 0.25) is 0 Å². The van der Waals surface area contributed by atoms with E-state index >= 15 is 0 Å². The molecule has 1 rings (SSSR count). The zero-order valence-electron chi connectivity index (χ0n) is 4.50. The Morgan fingerprint density at radius 2 is 2.12 bits per heavy atom. The lowest BCUT2D eigenvalue weighted by Gasteiger charge is -1.97. The van der Waals surface area contributed by atoms with Gasteiger partial charge in [-0.1, -0.05) is 0 Å². The summed E-state index contributed by atoms with van der Waals surface area (Å²) < 4.78 is 11.2. The Labute approximate surface area is 50.2 Å². The summed E-state index contributed by atoms with van der Waals surface area (Å²) in [4.78, 5) is 10.4. The molecule has 0 radical (unpaired) electrons. The fraction of sp³-hybridized carbons (Fsp3) is 1.00. The van der Waals surface area contributed by atoms with Crippen LogP contribution in [0.15, 0.2) is 0 Å². The molecule has 0 amide bonds. The smallest absolute Gasteiger partial charge is 0.182 e. The van der Waals surface area contributed by atoms with Gasteiger partial charge in [0.2, 0.25) is 6.54 Å². The van der Waals surface area contributed by atoms with Crippen LogP contribution in [0.25, 0.3) is 0 Å². The van der Waals surface area contributed by atoms with Crippen LogP contribution in [0, 0.1) is 4.91 Å². The Morgan fingerprint density at radius 1 is 1.38 bits per heavy atom. The first-order valence-electron chi connectivity index (χ1n) is 2.64. The highest BCUT2D eigenvalue weighted by molar-refractivity contribution is 7.78. The predicted molar refractivity (Wildman–Crippen MR) is 30.7 cm³/mol. The average Bonchev–Trinajstić information content (AvgIpc) is 1.77. The van der Waals surface area contributed by atoms with Gasteiger partial charge in [0.25, 0.3) is 0 Å². The average molecular weight is 134 g/mol. The quantitative estimate of drug-likeness (QED) is 0.444. The first-order valence-corrected chi connectivity index (χ1v) is 3.91. The van der Waals surface area contributed by atoms with Crippen LogP contribution in [0.5, 0.6) is 0 Å². The molecule has 1 unspecified atom stereocenters. The Morgan fingerprint density at radius 3 is 2.50 bits per heavy atom. The summed E-state index contributed by atoms with van der Waals surface area (Å²) >= 11 is 0. The summed E-state index contributed by atoms with van der Waals surface area (Å²) in [5.41, 5.74) is 0. The fourth-order valence-electron chi connectivity index (χ4n) is 0.670. The Bertz CT molecular complexity index is 118. The summed E-state index contributed by atoms with van der Waals surface area (Å²) in [5, 5.41) is 0. The van der Waals surface area contributed by atoms with Crippen molar-refractivity contribution >= 4 is 11.0 Å². The molecule has 46 valence electrons. The van der Waals surface area contributed by atoms with Gasteiger partial charge < -0.3 is 0 Å². The summed E-state index contributed by atoms with van der Waals surface area (Å²) in [6, 6.07) is 0. The van der Waals surface area contributed by atoms with Crippen molar-refractivity contribution in [2.45, 2.75) is 12.8 Å². The van der Waals surface area contributed by atoms with Crippen molar-refractivity contribution in [3.8, 4) is 0 Å². The van der Waals surface area contributed by atoms with E-state index in [1.54, 1.807) is 0 Å². The van der Waals surface area contributed by atoms with E-state index in [2.05, 4.69) is 0 Å². The van der Waals surface area contributed by atoms with Crippen molar-refractivity contribution < 1.29 is 8.37 Å². The second kappa shape index (κ2) is 2.35. The van der Waals surface area contributed by atoms with E-state index in [1.807, 2.05) is 0 Å². The third-order valence-electron chi connectivity index (χ3n) is 1.14. The highest BCUT2D eigenvalue weighted by atomic mass is 32.2. The SMILES string of the molecule is O=[N+]1CCCCS1=O. The number of hydrogen-bond acceptors (Lipinski definition) is 2. The maximum Gasteiger partial charge on any atom is 0.328 e. The molecule has 1 heterocycles. The van der Waals surface area contributed by atoms with Gasteiger partial charge in [0.05, 0.1) is 9.92 Å². The molecule has 0 bridgehead atoms. The van der Waals surface area contributed by atoms with Crippen LogP contribution < -0.4 is 0 Å². The summed E-state index contributed by atoms with van der Waals surface area (Å²) in [5.74, 6) is 0.559. The molecule has 3 nitrogen and oxygen atoms in total. The third kappa shape index (κ3) is 1.12. The van der Waals surface area contributed by atoms with E-state index < -0.39 is 11.0 Å². The molecule has 0 aliphatic carbocycles. The zero-order chi connectivity index (χ0) is 5.98. The highest BCUT2D eigenvalue weighted by Gasteiger charge is 2.23. The lowest BCUT2D eigenvalue weighted by molar-refractivity contribution is -0.386. The highest BCUT2D eigenvalue weighted by Crippen LogP contribution is 2.02. The van der Waals surface area contributed by atoms with Crippen LogP contribution in [-0.4, -0.2) is 20.7 Å². The van der Waals surface area contributed by atoms with Crippen molar-refractivity contribution in [1.29, 1.82) is 0 Å². The molecule has 0 N–H and O–H groups in total. The molecular weight excluding hydrogens is 126 g/mol. The minimum absolute atomic E-state index is 0.451. The fourth-order valence-corrected chi connectivity index (χ4v) is 1.66. The molecule has 1 aliphatic rings. The van der Waals surface area contributed by atoms with Crippen LogP contribution >= 0.6 is 0 Å². The van der Waals surface area contributed by atoms with E-state index in [0.717, 1.165) is 12.8 Å². The van der Waals surface area contributed by atoms with Crippen molar-refractivity contribution in [3.05, 3.63) is 4.91 Å². The molecular formula is C4H8NO2S+. The molecule has 0 spiro atoms. The molecule has 0 saturated carbocycles. The molecule has 1 atom stereocenters.